The lowest BCUT2D eigenvalue weighted by molar-refractivity contribution is 0.556. The minimum absolute atomic E-state index is 0.551. The molecule has 0 radical (unpaired) electrons. The Bertz CT molecular complexity index is 297. The first-order valence-electron chi connectivity index (χ1n) is 5.14. The number of hydrogen-bond donors (Lipinski definition) is 1. The van der Waals surface area contributed by atoms with Crippen LogP contribution in [0.3, 0.4) is 0 Å². The molecule has 1 aromatic heterocycles. The predicted molar refractivity (Wildman–Crippen MR) is 59.7 cm³/mol. The summed E-state index contributed by atoms with van der Waals surface area (Å²) in [5, 5.41) is 4.05. The summed E-state index contributed by atoms with van der Waals surface area (Å²) >= 11 is 5.72. The van der Waals surface area contributed by atoms with Gasteiger partial charge in [-0.2, -0.15) is 0 Å². The Labute approximate surface area is 89.7 Å². The molecule has 0 aromatic carbocycles. The van der Waals surface area contributed by atoms with Crippen molar-refractivity contribution >= 4 is 17.3 Å². The Balaban J connectivity index is 2.00. The van der Waals surface area contributed by atoms with Crippen molar-refractivity contribution in [1.82, 2.24) is 4.98 Å². The number of pyridine rings is 1. The van der Waals surface area contributed by atoms with Crippen LogP contribution in [0.25, 0.3) is 0 Å². The Hall–Kier alpha value is -0.760. The molecule has 0 spiro atoms. The molecular weight excluding hydrogens is 196 g/mol. The van der Waals surface area contributed by atoms with Gasteiger partial charge in [-0.15, -0.1) is 0 Å². The molecule has 0 amide bonds. The standard InChI is InChI=1S/C11H15ClN2/c1-8-3-2-4-10(8)14-9-5-6-11(12)13-7-9/h5-8,10,14H,2-4H2,1H3/t8-,10-/m1/s1. The summed E-state index contributed by atoms with van der Waals surface area (Å²) < 4.78 is 0. The molecule has 1 heterocycles. The molecule has 1 fully saturated rings. The second-order valence-electron chi connectivity index (χ2n) is 4.03. The van der Waals surface area contributed by atoms with Gasteiger partial charge in [-0.3, -0.25) is 0 Å². The van der Waals surface area contributed by atoms with E-state index >= 15 is 0 Å². The summed E-state index contributed by atoms with van der Waals surface area (Å²) in [5.74, 6) is 0.769. The molecule has 1 N–H and O–H groups in total. The van der Waals surface area contributed by atoms with Crippen molar-refractivity contribution < 1.29 is 0 Å². The van der Waals surface area contributed by atoms with Crippen LogP contribution in [0.1, 0.15) is 26.2 Å². The van der Waals surface area contributed by atoms with Crippen molar-refractivity contribution in [3.05, 3.63) is 23.5 Å². The lowest BCUT2D eigenvalue weighted by Crippen LogP contribution is -2.21. The quantitative estimate of drug-likeness (QED) is 0.758. The summed E-state index contributed by atoms with van der Waals surface area (Å²) in [6.45, 7) is 2.30. The molecule has 2 rings (SSSR count). The van der Waals surface area contributed by atoms with Crippen molar-refractivity contribution in [3.8, 4) is 0 Å². The first-order valence-corrected chi connectivity index (χ1v) is 5.51. The third-order valence-electron chi connectivity index (χ3n) is 2.94. The van der Waals surface area contributed by atoms with E-state index in [1.54, 1.807) is 6.20 Å². The topological polar surface area (TPSA) is 24.9 Å². The zero-order chi connectivity index (χ0) is 9.97. The lowest BCUT2D eigenvalue weighted by atomic mass is 10.1. The summed E-state index contributed by atoms with van der Waals surface area (Å²) in [6.07, 6.45) is 5.73. The van der Waals surface area contributed by atoms with E-state index in [-0.39, 0.29) is 0 Å². The molecule has 76 valence electrons. The van der Waals surface area contributed by atoms with Gasteiger partial charge < -0.3 is 5.32 Å². The third kappa shape index (κ3) is 2.18. The second-order valence-corrected chi connectivity index (χ2v) is 4.42. The van der Waals surface area contributed by atoms with Gasteiger partial charge in [0.15, 0.2) is 0 Å². The van der Waals surface area contributed by atoms with E-state index in [4.69, 9.17) is 11.6 Å². The molecule has 0 aliphatic heterocycles. The molecule has 3 heteroatoms. The SMILES string of the molecule is C[C@@H]1CCC[C@H]1Nc1ccc(Cl)nc1. The number of halogens is 1. The van der Waals surface area contributed by atoms with Crippen LogP contribution < -0.4 is 5.32 Å². The van der Waals surface area contributed by atoms with E-state index in [1.165, 1.54) is 19.3 Å². The van der Waals surface area contributed by atoms with Crippen LogP contribution in [-0.4, -0.2) is 11.0 Å². The molecule has 0 saturated heterocycles. The Morgan fingerprint density at radius 1 is 1.43 bits per heavy atom. The highest BCUT2D eigenvalue weighted by Gasteiger charge is 2.22. The van der Waals surface area contributed by atoms with E-state index in [1.807, 2.05) is 12.1 Å². The zero-order valence-electron chi connectivity index (χ0n) is 8.33. The summed E-state index contributed by atoms with van der Waals surface area (Å²) in [4.78, 5) is 4.05. The molecule has 14 heavy (non-hydrogen) atoms. The molecule has 2 atom stereocenters. The lowest BCUT2D eigenvalue weighted by Gasteiger charge is -2.18. The molecule has 1 aliphatic rings. The average molecular weight is 211 g/mol. The predicted octanol–water partition coefficient (Wildman–Crippen LogP) is 3.34. The largest absolute Gasteiger partial charge is 0.381 e. The van der Waals surface area contributed by atoms with Gasteiger partial charge in [-0.1, -0.05) is 24.9 Å². The van der Waals surface area contributed by atoms with Crippen LogP contribution in [0.4, 0.5) is 5.69 Å². The maximum atomic E-state index is 5.72. The number of nitrogens with zero attached hydrogens (tertiary/aromatic N) is 1. The highest BCUT2D eigenvalue weighted by molar-refractivity contribution is 6.29. The van der Waals surface area contributed by atoms with Gasteiger partial charge in [0, 0.05) is 6.04 Å². The summed E-state index contributed by atoms with van der Waals surface area (Å²) in [5.41, 5.74) is 1.08. The Morgan fingerprint density at radius 2 is 2.29 bits per heavy atom. The fourth-order valence-electron chi connectivity index (χ4n) is 2.04. The molecule has 0 bridgehead atoms. The van der Waals surface area contributed by atoms with Crippen LogP contribution in [0.2, 0.25) is 5.15 Å². The third-order valence-corrected chi connectivity index (χ3v) is 3.16. The minimum atomic E-state index is 0.551. The van der Waals surface area contributed by atoms with Gasteiger partial charge in [-0.25, -0.2) is 4.98 Å². The first-order chi connectivity index (χ1) is 6.75. The average Bonchev–Trinajstić information content (AvgIpc) is 2.56. The number of anilines is 1. The van der Waals surface area contributed by atoms with Crippen molar-refractivity contribution in [3.63, 3.8) is 0 Å². The van der Waals surface area contributed by atoms with Crippen LogP contribution in [-0.2, 0) is 0 Å². The highest BCUT2D eigenvalue weighted by atomic mass is 35.5. The second kappa shape index (κ2) is 4.18. The van der Waals surface area contributed by atoms with Gasteiger partial charge in [0.1, 0.15) is 5.15 Å². The number of nitrogens with one attached hydrogen (secondary N) is 1. The van der Waals surface area contributed by atoms with Crippen LogP contribution in [0.5, 0.6) is 0 Å². The molecule has 2 nitrogen and oxygen atoms in total. The molecule has 1 saturated carbocycles. The van der Waals surface area contributed by atoms with Crippen molar-refractivity contribution in [2.45, 2.75) is 32.2 Å². The smallest absolute Gasteiger partial charge is 0.129 e. The molecule has 1 aromatic rings. The summed E-state index contributed by atoms with van der Waals surface area (Å²) in [6, 6.07) is 4.42. The van der Waals surface area contributed by atoms with Crippen LogP contribution in [0.15, 0.2) is 18.3 Å². The van der Waals surface area contributed by atoms with E-state index in [0.717, 1.165) is 11.6 Å². The van der Waals surface area contributed by atoms with E-state index < -0.39 is 0 Å². The molecular formula is C11H15ClN2. The number of aromatic nitrogens is 1. The van der Waals surface area contributed by atoms with Crippen LogP contribution >= 0.6 is 11.6 Å². The minimum Gasteiger partial charge on any atom is -0.381 e. The number of rotatable bonds is 2. The van der Waals surface area contributed by atoms with Crippen molar-refractivity contribution in [2.75, 3.05) is 5.32 Å². The van der Waals surface area contributed by atoms with E-state index in [0.29, 0.717) is 11.2 Å². The maximum Gasteiger partial charge on any atom is 0.129 e. The fraction of sp³-hybridized carbons (Fsp3) is 0.545. The zero-order valence-corrected chi connectivity index (χ0v) is 9.09. The van der Waals surface area contributed by atoms with Gasteiger partial charge in [0.05, 0.1) is 11.9 Å². The summed E-state index contributed by atoms with van der Waals surface area (Å²) in [7, 11) is 0. The first kappa shape index (κ1) is 9.78. The van der Waals surface area contributed by atoms with Gasteiger partial charge in [-0.05, 0) is 30.9 Å². The Morgan fingerprint density at radius 3 is 2.86 bits per heavy atom. The maximum absolute atomic E-state index is 5.72. The molecule has 0 unspecified atom stereocenters. The van der Waals surface area contributed by atoms with Crippen molar-refractivity contribution in [2.24, 2.45) is 5.92 Å². The highest BCUT2D eigenvalue weighted by Crippen LogP contribution is 2.27. The monoisotopic (exact) mass is 210 g/mol. The number of hydrogen-bond acceptors (Lipinski definition) is 2. The van der Waals surface area contributed by atoms with Crippen molar-refractivity contribution in [1.29, 1.82) is 0 Å². The normalized spacial score (nSPS) is 26.4. The van der Waals surface area contributed by atoms with Gasteiger partial charge in [0.25, 0.3) is 0 Å². The van der Waals surface area contributed by atoms with Crippen LogP contribution in [0, 0.1) is 5.92 Å². The van der Waals surface area contributed by atoms with Gasteiger partial charge in [0.2, 0.25) is 0 Å². The fourth-order valence-corrected chi connectivity index (χ4v) is 2.15. The molecule has 1 aliphatic carbocycles. The van der Waals surface area contributed by atoms with E-state index in [2.05, 4.69) is 17.2 Å². The van der Waals surface area contributed by atoms with E-state index in [9.17, 15) is 0 Å². The van der Waals surface area contributed by atoms with Gasteiger partial charge >= 0.3 is 0 Å². The Kier molecular flexibility index (Phi) is 2.92.